The fourth-order valence-corrected chi connectivity index (χ4v) is 2.21. The number of carbonyl (C=O) groups excluding carboxylic acids is 3. The summed E-state index contributed by atoms with van der Waals surface area (Å²) in [6.45, 7) is 0. The molecule has 6 heteroatoms. The molecule has 1 unspecified atom stereocenters. The molecule has 0 aromatic heterocycles. The smallest absolute Gasteiger partial charge is 0.328 e. The Hall–Kier alpha value is -1.59. The molecular formula is C12H19NO5. The van der Waals surface area contributed by atoms with Crippen LogP contribution in [0.2, 0.25) is 0 Å². The highest BCUT2D eigenvalue weighted by molar-refractivity contribution is 5.96. The lowest BCUT2D eigenvalue weighted by molar-refractivity contribution is -0.149. The number of rotatable bonds is 5. The molecule has 0 aromatic carbocycles. The van der Waals surface area contributed by atoms with Gasteiger partial charge in [-0.1, -0.05) is 12.8 Å². The average Bonchev–Trinajstić information content (AvgIpc) is 2.88. The van der Waals surface area contributed by atoms with Crippen LogP contribution in [0.3, 0.4) is 0 Å². The van der Waals surface area contributed by atoms with E-state index in [-0.39, 0.29) is 12.3 Å². The number of esters is 2. The van der Waals surface area contributed by atoms with Crippen molar-refractivity contribution >= 4 is 17.8 Å². The molecule has 18 heavy (non-hydrogen) atoms. The predicted octanol–water partition coefficient (Wildman–Crippen LogP) is 0.397. The van der Waals surface area contributed by atoms with Gasteiger partial charge in [0.1, 0.15) is 12.5 Å². The van der Waals surface area contributed by atoms with Gasteiger partial charge in [-0.25, -0.2) is 4.79 Å². The molecule has 1 fully saturated rings. The van der Waals surface area contributed by atoms with Gasteiger partial charge in [0.2, 0.25) is 5.91 Å². The van der Waals surface area contributed by atoms with Gasteiger partial charge in [-0.2, -0.15) is 0 Å². The first-order valence-corrected chi connectivity index (χ1v) is 6.02. The van der Waals surface area contributed by atoms with Gasteiger partial charge in [0.15, 0.2) is 0 Å². The number of carbonyl (C=O) groups is 3. The fourth-order valence-electron chi connectivity index (χ4n) is 2.21. The monoisotopic (exact) mass is 257 g/mol. The van der Waals surface area contributed by atoms with Crippen LogP contribution >= 0.6 is 0 Å². The highest BCUT2D eigenvalue weighted by Gasteiger charge is 2.32. The summed E-state index contributed by atoms with van der Waals surface area (Å²) >= 11 is 0. The maximum Gasteiger partial charge on any atom is 0.328 e. The summed E-state index contributed by atoms with van der Waals surface area (Å²) in [6.07, 6.45) is 3.49. The molecule has 1 aliphatic carbocycles. The second-order valence-electron chi connectivity index (χ2n) is 4.37. The molecule has 1 aliphatic rings. The number of ether oxygens (including phenoxy) is 2. The summed E-state index contributed by atoms with van der Waals surface area (Å²) in [7, 11) is 2.50. The molecule has 0 saturated heterocycles. The Morgan fingerprint density at radius 1 is 1.17 bits per heavy atom. The van der Waals surface area contributed by atoms with Crippen molar-refractivity contribution in [3.63, 3.8) is 0 Å². The largest absolute Gasteiger partial charge is 0.469 e. The third kappa shape index (κ3) is 4.01. The molecule has 1 saturated carbocycles. The van der Waals surface area contributed by atoms with Gasteiger partial charge in [0, 0.05) is 0 Å². The van der Waals surface area contributed by atoms with E-state index in [1.54, 1.807) is 0 Å². The lowest BCUT2D eigenvalue weighted by Gasteiger charge is -2.21. The second-order valence-corrected chi connectivity index (χ2v) is 4.37. The maximum absolute atomic E-state index is 11.6. The van der Waals surface area contributed by atoms with Crippen LogP contribution in [0.25, 0.3) is 0 Å². The van der Waals surface area contributed by atoms with E-state index in [0.717, 1.165) is 25.7 Å². The first-order valence-electron chi connectivity index (χ1n) is 6.02. The summed E-state index contributed by atoms with van der Waals surface area (Å²) in [5.41, 5.74) is 0. The number of hydrogen-bond acceptors (Lipinski definition) is 5. The quantitative estimate of drug-likeness (QED) is 0.569. The Labute approximate surface area is 106 Å². The molecule has 1 rings (SSSR count). The van der Waals surface area contributed by atoms with Crippen LogP contribution in [0.5, 0.6) is 0 Å². The molecule has 1 amide bonds. The summed E-state index contributed by atoms with van der Waals surface area (Å²) in [5, 5.41) is 2.56. The number of methoxy groups -OCH3 is 2. The predicted molar refractivity (Wildman–Crippen MR) is 62.5 cm³/mol. The zero-order valence-corrected chi connectivity index (χ0v) is 10.7. The second kappa shape index (κ2) is 6.98. The minimum atomic E-state index is -0.658. The van der Waals surface area contributed by atoms with E-state index >= 15 is 0 Å². The van der Waals surface area contributed by atoms with E-state index in [1.807, 2.05) is 0 Å². The van der Waals surface area contributed by atoms with Crippen molar-refractivity contribution in [3.05, 3.63) is 0 Å². The molecule has 0 radical (unpaired) electrons. The van der Waals surface area contributed by atoms with Crippen molar-refractivity contribution < 1.29 is 23.9 Å². The molecule has 0 aromatic rings. The van der Waals surface area contributed by atoms with Gasteiger partial charge >= 0.3 is 11.9 Å². The zero-order valence-electron chi connectivity index (χ0n) is 10.7. The van der Waals surface area contributed by atoms with Gasteiger partial charge in [-0.15, -0.1) is 0 Å². The topological polar surface area (TPSA) is 81.7 Å². The fraction of sp³-hybridized carbons (Fsp3) is 0.750. The van der Waals surface area contributed by atoms with Crippen LogP contribution in [-0.4, -0.2) is 38.1 Å². The van der Waals surface area contributed by atoms with Crippen LogP contribution in [-0.2, 0) is 23.9 Å². The summed E-state index contributed by atoms with van der Waals surface area (Å²) in [6, 6.07) is -0.658. The van der Waals surface area contributed by atoms with Gasteiger partial charge in [-0.3, -0.25) is 9.59 Å². The minimum Gasteiger partial charge on any atom is -0.469 e. The van der Waals surface area contributed by atoms with Crippen molar-refractivity contribution in [1.82, 2.24) is 5.32 Å². The SMILES string of the molecule is COC(=O)CC(=O)NC(C(=O)OC)C1CCCC1. The molecule has 0 aliphatic heterocycles. The van der Waals surface area contributed by atoms with E-state index in [0.29, 0.717) is 0 Å². The van der Waals surface area contributed by atoms with Crippen molar-refractivity contribution in [2.24, 2.45) is 5.92 Å². The van der Waals surface area contributed by atoms with Crippen molar-refractivity contribution in [2.45, 2.75) is 38.1 Å². The molecule has 102 valence electrons. The molecule has 0 spiro atoms. The first-order chi connectivity index (χ1) is 8.58. The molecule has 6 nitrogen and oxygen atoms in total. The number of hydrogen-bond donors (Lipinski definition) is 1. The maximum atomic E-state index is 11.6. The van der Waals surface area contributed by atoms with Crippen molar-refractivity contribution in [2.75, 3.05) is 14.2 Å². The van der Waals surface area contributed by atoms with Crippen LogP contribution in [0.1, 0.15) is 32.1 Å². The molecule has 0 heterocycles. The van der Waals surface area contributed by atoms with E-state index in [4.69, 9.17) is 0 Å². The summed E-state index contributed by atoms with van der Waals surface area (Å²) in [4.78, 5) is 34.2. The first kappa shape index (κ1) is 14.5. The number of nitrogens with one attached hydrogen (secondary N) is 1. The molecular weight excluding hydrogens is 238 g/mol. The van der Waals surface area contributed by atoms with Gasteiger partial charge < -0.3 is 14.8 Å². The number of amides is 1. The van der Waals surface area contributed by atoms with E-state index in [9.17, 15) is 14.4 Å². The van der Waals surface area contributed by atoms with E-state index in [1.165, 1.54) is 14.2 Å². The Kier molecular flexibility index (Phi) is 5.61. The van der Waals surface area contributed by atoms with Crippen LogP contribution in [0.15, 0.2) is 0 Å². The minimum absolute atomic E-state index is 0.0963. The lowest BCUT2D eigenvalue weighted by atomic mass is 9.98. The normalized spacial score (nSPS) is 17.0. The third-order valence-corrected chi connectivity index (χ3v) is 3.18. The zero-order chi connectivity index (χ0) is 13.5. The summed E-state index contributed by atoms with van der Waals surface area (Å²) in [5.74, 6) is -1.49. The summed E-state index contributed by atoms with van der Waals surface area (Å²) < 4.78 is 9.09. The van der Waals surface area contributed by atoms with Crippen molar-refractivity contribution in [3.8, 4) is 0 Å². The third-order valence-electron chi connectivity index (χ3n) is 3.18. The average molecular weight is 257 g/mol. The Morgan fingerprint density at radius 3 is 2.28 bits per heavy atom. The lowest BCUT2D eigenvalue weighted by Crippen LogP contribution is -2.46. The Morgan fingerprint density at radius 2 is 1.78 bits per heavy atom. The highest BCUT2D eigenvalue weighted by atomic mass is 16.5. The van der Waals surface area contributed by atoms with Crippen LogP contribution in [0, 0.1) is 5.92 Å². The van der Waals surface area contributed by atoms with E-state index < -0.39 is 23.9 Å². The molecule has 1 atom stereocenters. The van der Waals surface area contributed by atoms with Crippen molar-refractivity contribution in [1.29, 1.82) is 0 Å². The van der Waals surface area contributed by atoms with Gasteiger partial charge in [0.25, 0.3) is 0 Å². The Balaban J connectivity index is 2.57. The Bertz CT molecular complexity index is 322. The van der Waals surface area contributed by atoms with Gasteiger partial charge in [0.05, 0.1) is 14.2 Å². The standard InChI is InChI=1S/C12H19NO5/c1-17-10(15)7-9(14)13-11(12(16)18-2)8-5-3-4-6-8/h8,11H,3-7H2,1-2H3,(H,13,14). The van der Waals surface area contributed by atoms with Crippen LogP contribution < -0.4 is 5.32 Å². The molecule has 0 bridgehead atoms. The highest BCUT2D eigenvalue weighted by Crippen LogP contribution is 2.28. The van der Waals surface area contributed by atoms with Gasteiger partial charge in [-0.05, 0) is 18.8 Å². The van der Waals surface area contributed by atoms with Crippen LogP contribution in [0.4, 0.5) is 0 Å². The molecule has 1 N–H and O–H groups in total. The van der Waals surface area contributed by atoms with E-state index in [2.05, 4.69) is 14.8 Å².